The Hall–Kier alpha value is -1.26. The number of carboxylic acid groups (broad SMARTS) is 1. The number of nitrogens with zero attached hydrogens (tertiary/aromatic N) is 1. The van der Waals surface area contributed by atoms with Crippen LogP contribution in [0.1, 0.15) is 64.7 Å². The highest BCUT2D eigenvalue weighted by molar-refractivity contribution is 5.80. The van der Waals surface area contributed by atoms with Crippen LogP contribution in [-0.2, 0) is 4.79 Å². The summed E-state index contributed by atoms with van der Waals surface area (Å²) >= 11 is 0. The molecular weight excluding hydrogens is 268 g/mol. The molecule has 21 heavy (non-hydrogen) atoms. The Morgan fingerprint density at radius 3 is 2.29 bits per heavy atom. The Balaban J connectivity index is 1.96. The lowest BCUT2D eigenvalue weighted by Crippen LogP contribution is -2.34. The van der Waals surface area contributed by atoms with E-state index in [4.69, 9.17) is 5.11 Å². The minimum absolute atomic E-state index is 0.0155. The van der Waals surface area contributed by atoms with Gasteiger partial charge < -0.3 is 15.3 Å². The summed E-state index contributed by atoms with van der Waals surface area (Å²) in [6, 6.07) is 0. The van der Waals surface area contributed by atoms with Crippen molar-refractivity contribution >= 4 is 12.0 Å². The van der Waals surface area contributed by atoms with E-state index in [2.05, 4.69) is 12.2 Å². The number of likely N-dealkylation sites (tertiary alicyclic amines) is 1. The van der Waals surface area contributed by atoms with Gasteiger partial charge in [-0.2, -0.15) is 0 Å². The number of carbonyl (C=O) groups excluding carboxylic acids is 1. The van der Waals surface area contributed by atoms with Crippen LogP contribution in [0, 0.1) is 5.92 Å². The molecule has 0 aromatic carbocycles. The van der Waals surface area contributed by atoms with Gasteiger partial charge in [0.1, 0.15) is 0 Å². The van der Waals surface area contributed by atoms with E-state index < -0.39 is 6.09 Å². The molecular formula is C16H30N2O3. The Labute approximate surface area is 128 Å². The summed E-state index contributed by atoms with van der Waals surface area (Å²) in [5.74, 6) is -0.142. The number of carbonyl (C=O) groups is 2. The van der Waals surface area contributed by atoms with Crippen molar-refractivity contribution in [2.75, 3.05) is 19.6 Å². The van der Waals surface area contributed by atoms with Gasteiger partial charge in [0.2, 0.25) is 5.91 Å². The van der Waals surface area contributed by atoms with Gasteiger partial charge in [-0.05, 0) is 12.8 Å². The van der Waals surface area contributed by atoms with Crippen LogP contribution in [0.2, 0.25) is 0 Å². The molecule has 0 aromatic heterocycles. The minimum atomic E-state index is -0.923. The highest BCUT2D eigenvalue weighted by atomic mass is 16.4. The number of amides is 2. The Bertz CT molecular complexity index is 321. The molecule has 1 heterocycles. The first-order valence-electron chi connectivity index (χ1n) is 8.40. The van der Waals surface area contributed by atoms with E-state index in [0.717, 1.165) is 13.0 Å². The molecule has 2 N–H and O–H groups in total. The van der Waals surface area contributed by atoms with Crippen molar-refractivity contribution in [2.45, 2.75) is 64.7 Å². The van der Waals surface area contributed by atoms with Gasteiger partial charge in [-0.1, -0.05) is 51.9 Å². The van der Waals surface area contributed by atoms with E-state index in [1.54, 1.807) is 0 Å². The molecule has 1 aliphatic heterocycles. The van der Waals surface area contributed by atoms with E-state index in [1.807, 2.05) is 0 Å². The van der Waals surface area contributed by atoms with Gasteiger partial charge in [0.05, 0.1) is 5.92 Å². The number of hydrogen-bond acceptors (Lipinski definition) is 2. The molecule has 1 rings (SSSR count). The average molecular weight is 298 g/mol. The minimum Gasteiger partial charge on any atom is -0.465 e. The molecule has 1 fully saturated rings. The molecule has 0 bridgehead atoms. The van der Waals surface area contributed by atoms with Crippen LogP contribution in [0.25, 0.3) is 0 Å². The Morgan fingerprint density at radius 1 is 1.10 bits per heavy atom. The van der Waals surface area contributed by atoms with Crippen LogP contribution >= 0.6 is 0 Å². The molecule has 1 atom stereocenters. The monoisotopic (exact) mass is 298 g/mol. The van der Waals surface area contributed by atoms with Crippen LogP contribution in [0.3, 0.4) is 0 Å². The topological polar surface area (TPSA) is 69.6 Å². The maximum absolute atomic E-state index is 11.9. The zero-order valence-corrected chi connectivity index (χ0v) is 13.3. The molecule has 0 aliphatic carbocycles. The van der Waals surface area contributed by atoms with Crippen LogP contribution in [0.15, 0.2) is 0 Å². The second-order valence-corrected chi connectivity index (χ2v) is 5.98. The summed E-state index contributed by atoms with van der Waals surface area (Å²) in [4.78, 5) is 24.0. The van der Waals surface area contributed by atoms with Crippen molar-refractivity contribution in [3.63, 3.8) is 0 Å². The van der Waals surface area contributed by atoms with Crippen molar-refractivity contribution in [2.24, 2.45) is 5.92 Å². The zero-order valence-electron chi connectivity index (χ0n) is 13.3. The van der Waals surface area contributed by atoms with Crippen molar-refractivity contribution in [1.29, 1.82) is 0 Å². The number of rotatable bonds is 10. The van der Waals surface area contributed by atoms with Crippen molar-refractivity contribution in [3.8, 4) is 0 Å². The van der Waals surface area contributed by atoms with E-state index in [0.29, 0.717) is 19.5 Å². The Morgan fingerprint density at radius 2 is 1.71 bits per heavy atom. The molecule has 5 nitrogen and oxygen atoms in total. The predicted octanol–water partition coefficient (Wildman–Crippen LogP) is 3.24. The fourth-order valence-corrected chi connectivity index (χ4v) is 2.76. The van der Waals surface area contributed by atoms with Gasteiger partial charge in [0.25, 0.3) is 0 Å². The van der Waals surface area contributed by atoms with Gasteiger partial charge in [0, 0.05) is 19.6 Å². The number of nitrogens with one attached hydrogen (secondary N) is 1. The lowest BCUT2D eigenvalue weighted by atomic mass is 10.1. The van der Waals surface area contributed by atoms with Crippen LogP contribution < -0.4 is 5.32 Å². The third kappa shape index (κ3) is 7.34. The fraction of sp³-hybridized carbons (Fsp3) is 0.875. The van der Waals surface area contributed by atoms with Gasteiger partial charge >= 0.3 is 6.09 Å². The zero-order chi connectivity index (χ0) is 15.5. The smallest absolute Gasteiger partial charge is 0.407 e. The first kappa shape index (κ1) is 17.8. The largest absolute Gasteiger partial charge is 0.465 e. The lowest BCUT2D eigenvalue weighted by Gasteiger charge is -2.12. The van der Waals surface area contributed by atoms with Crippen molar-refractivity contribution in [3.05, 3.63) is 0 Å². The molecule has 0 radical (unpaired) electrons. The second-order valence-electron chi connectivity index (χ2n) is 5.98. The van der Waals surface area contributed by atoms with Crippen LogP contribution in [-0.4, -0.2) is 41.6 Å². The highest BCUT2D eigenvalue weighted by Crippen LogP contribution is 2.16. The van der Waals surface area contributed by atoms with E-state index in [9.17, 15) is 9.59 Å². The SMILES string of the molecule is CCCCCCCCCCNC(=O)[C@@H]1CCN(C(=O)O)C1. The molecule has 0 unspecified atom stereocenters. The molecule has 122 valence electrons. The first-order valence-corrected chi connectivity index (χ1v) is 8.40. The van der Waals surface area contributed by atoms with E-state index in [-0.39, 0.29) is 11.8 Å². The van der Waals surface area contributed by atoms with Crippen molar-refractivity contribution in [1.82, 2.24) is 10.2 Å². The summed E-state index contributed by atoms with van der Waals surface area (Å²) in [5, 5.41) is 11.8. The highest BCUT2D eigenvalue weighted by Gasteiger charge is 2.30. The molecule has 0 aromatic rings. The first-order chi connectivity index (χ1) is 10.1. The van der Waals surface area contributed by atoms with E-state index >= 15 is 0 Å². The summed E-state index contributed by atoms with van der Waals surface area (Å²) < 4.78 is 0. The van der Waals surface area contributed by atoms with Crippen LogP contribution in [0.4, 0.5) is 4.79 Å². The second kappa shape index (κ2) is 10.5. The summed E-state index contributed by atoms with van der Waals surface area (Å²) in [6.45, 7) is 3.77. The third-order valence-corrected chi connectivity index (χ3v) is 4.16. The Kier molecular flexibility index (Phi) is 8.87. The molecule has 0 spiro atoms. The standard InChI is InChI=1S/C16H30N2O3/c1-2-3-4-5-6-7-8-9-11-17-15(19)14-10-12-18(13-14)16(20)21/h14H,2-13H2,1H3,(H,17,19)(H,20,21)/t14-/m1/s1. The van der Waals surface area contributed by atoms with Gasteiger partial charge in [0.15, 0.2) is 0 Å². The maximum atomic E-state index is 11.9. The normalized spacial score (nSPS) is 18.0. The third-order valence-electron chi connectivity index (χ3n) is 4.16. The van der Waals surface area contributed by atoms with Crippen LogP contribution in [0.5, 0.6) is 0 Å². The van der Waals surface area contributed by atoms with E-state index in [1.165, 1.54) is 49.8 Å². The summed E-state index contributed by atoms with van der Waals surface area (Å²) in [6.07, 6.45) is 9.75. The average Bonchev–Trinajstić information content (AvgIpc) is 2.95. The molecule has 2 amide bonds. The summed E-state index contributed by atoms with van der Waals surface area (Å²) in [5.41, 5.74) is 0. The number of unbranched alkanes of at least 4 members (excludes halogenated alkanes) is 7. The molecule has 0 saturated carbocycles. The van der Waals surface area contributed by atoms with Gasteiger partial charge in [-0.3, -0.25) is 4.79 Å². The fourth-order valence-electron chi connectivity index (χ4n) is 2.76. The predicted molar refractivity (Wildman–Crippen MR) is 83.3 cm³/mol. The summed E-state index contributed by atoms with van der Waals surface area (Å²) in [7, 11) is 0. The number of hydrogen-bond donors (Lipinski definition) is 2. The van der Waals surface area contributed by atoms with Gasteiger partial charge in [-0.15, -0.1) is 0 Å². The molecule has 1 saturated heterocycles. The molecule has 5 heteroatoms. The maximum Gasteiger partial charge on any atom is 0.407 e. The quantitative estimate of drug-likeness (QED) is 0.608. The molecule has 1 aliphatic rings. The van der Waals surface area contributed by atoms with Crippen molar-refractivity contribution < 1.29 is 14.7 Å². The van der Waals surface area contributed by atoms with Gasteiger partial charge in [-0.25, -0.2) is 4.79 Å². The lowest BCUT2D eigenvalue weighted by molar-refractivity contribution is -0.124.